The van der Waals surface area contributed by atoms with Crippen LogP contribution in [0.2, 0.25) is 0 Å². The Kier molecular flexibility index (Phi) is 2.64. The lowest BCUT2D eigenvalue weighted by atomic mass is 10.7. The van der Waals surface area contributed by atoms with Crippen LogP contribution in [0.1, 0.15) is 0 Å². The number of aliphatic hydroxyl groups excluding tert-OH is 1. The largest absolute Gasteiger partial charge is 0.392 e. The monoisotopic (exact) mass is 140 g/mol. The molecule has 3 nitrogen and oxygen atoms in total. The molecule has 0 heterocycles. The first kappa shape index (κ1) is 7.58. The molecule has 5 heteroatoms. The third kappa shape index (κ3) is 5.58. The van der Waals surface area contributed by atoms with Crippen LogP contribution in [0.4, 0.5) is 3.89 Å². The lowest BCUT2D eigenvalue weighted by Gasteiger charge is -1.76. The van der Waals surface area contributed by atoms with Gasteiger partial charge in [-0.2, -0.15) is 8.42 Å². The number of halogens is 1. The number of hydrogen-bond acceptors (Lipinski definition) is 3. The van der Waals surface area contributed by atoms with E-state index in [2.05, 4.69) is 0 Å². The Balaban J connectivity index is 3.92. The maximum atomic E-state index is 11.4. The summed E-state index contributed by atoms with van der Waals surface area (Å²) in [6.45, 7) is -0.469. The normalized spacial score (nSPS) is 12.8. The summed E-state index contributed by atoms with van der Waals surface area (Å²) in [6, 6.07) is 0. The predicted octanol–water partition coefficient (Wildman–Crippen LogP) is -0.208. The maximum absolute atomic E-state index is 11.4. The smallest absolute Gasteiger partial charge is 0.324 e. The molecule has 0 saturated heterocycles. The molecule has 0 saturated carbocycles. The second kappa shape index (κ2) is 2.78. The first-order chi connectivity index (χ1) is 3.56. The zero-order chi connectivity index (χ0) is 6.62. The highest BCUT2D eigenvalue weighted by atomic mass is 32.3. The van der Waals surface area contributed by atoms with E-state index in [-0.39, 0.29) is 0 Å². The molecule has 0 aliphatic rings. The molecule has 0 rings (SSSR count). The highest BCUT2D eigenvalue weighted by Crippen LogP contribution is 1.90. The molecule has 8 heavy (non-hydrogen) atoms. The minimum Gasteiger partial charge on any atom is -0.392 e. The fraction of sp³-hybridized carbons (Fsp3) is 0.333. The van der Waals surface area contributed by atoms with Crippen molar-refractivity contribution >= 4 is 10.2 Å². The fourth-order valence-electron chi connectivity index (χ4n) is 0.158. The summed E-state index contributed by atoms with van der Waals surface area (Å²) in [5.74, 6) is 0. The average Bonchev–Trinajstić information content (AvgIpc) is 1.59. The van der Waals surface area contributed by atoms with E-state index in [1.54, 1.807) is 0 Å². The van der Waals surface area contributed by atoms with Gasteiger partial charge in [-0.3, -0.25) is 0 Å². The van der Waals surface area contributed by atoms with Crippen molar-refractivity contribution in [3.8, 4) is 0 Å². The van der Waals surface area contributed by atoms with Crippen molar-refractivity contribution < 1.29 is 17.4 Å². The molecule has 0 radical (unpaired) electrons. The van der Waals surface area contributed by atoms with Crippen molar-refractivity contribution in [2.24, 2.45) is 0 Å². The predicted molar refractivity (Wildman–Crippen MR) is 26.3 cm³/mol. The van der Waals surface area contributed by atoms with Crippen LogP contribution in [0.3, 0.4) is 0 Å². The van der Waals surface area contributed by atoms with Crippen molar-refractivity contribution in [3.63, 3.8) is 0 Å². The van der Waals surface area contributed by atoms with Gasteiger partial charge >= 0.3 is 10.2 Å². The number of hydrogen-bond donors (Lipinski definition) is 1. The van der Waals surface area contributed by atoms with Crippen LogP contribution < -0.4 is 0 Å². The first-order valence-electron chi connectivity index (χ1n) is 1.78. The Morgan fingerprint density at radius 3 is 2.25 bits per heavy atom. The van der Waals surface area contributed by atoms with Crippen molar-refractivity contribution in [2.45, 2.75) is 0 Å². The summed E-state index contributed by atoms with van der Waals surface area (Å²) in [5, 5.41) is 8.21. The second-order valence-electron chi connectivity index (χ2n) is 1.03. The van der Waals surface area contributed by atoms with Crippen molar-refractivity contribution in [2.75, 3.05) is 6.61 Å². The topological polar surface area (TPSA) is 54.4 Å². The van der Waals surface area contributed by atoms with Gasteiger partial charge in [-0.25, -0.2) is 0 Å². The van der Waals surface area contributed by atoms with E-state index in [0.29, 0.717) is 5.41 Å². The minimum atomic E-state index is -4.53. The Morgan fingerprint density at radius 2 is 2.12 bits per heavy atom. The molecule has 0 bridgehead atoms. The van der Waals surface area contributed by atoms with E-state index in [1.165, 1.54) is 0 Å². The lowest BCUT2D eigenvalue weighted by Crippen LogP contribution is -1.82. The van der Waals surface area contributed by atoms with Crippen LogP contribution in [0.15, 0.2) is 11.5 Å². The molecule has 0 aromatic rings. The third-order valence-electron chi connectivity index (χ3n) is 0.364. The molecule has 0 amide bonds. The van der Waals surface area contributed by atoms with Crippen LogP contribution in [0, 0.1) is 0 Å². The highest BCUT2D eigenvalue weighted by Gasteiger charge is 1.95. The standard InChI is InChI=1S/C3H5FO3S/c4-8(6,7)3-1-2-5/h1,3,5H,2H2/b3-1+. The summed E-state index contributed by atoms with van der Waals surface area (Å²) in [6.07, 6.45) is 0.801. The summed E-state index contributed by atoms with van der Waals surface area (Å²) < 4.78 is 30.4. The quantitative estimate of drug-likeness (QED) is 0.540. The van der Waals surface area contributed by atoms with E-state index < -0.39 is 16.8 Å². The molecule has 0 atom stereocenters. The molecule has 48 valence electrons. The van der Waals surface area contributed by atoms with Gasteiger partial charge in [0.05, 0.1) is 12.0 Å². The van der Waals surface area contributed by atoms with E-state index in [9.17, 15) is 12.3 Å². The third-order valence-corrected chi connectivity index (χ3v) is 0.882. The van der Waals surface area contributed by atoms with E-state index in [0.717, 1.165) is 6.08 Å². The van der Waals surface area contributed by atoms with Crippen LogP contribution in [0.5, 0.6) is 0 Å². The van der Waals surface area contributed by atoms with E-state index in [4.69, 9.17) is 5.11 Å². The molecular formula is C3H5FO3S. The fourth-order valence-corrected chi connectivity index (χ4v) is 0.474. The van der Waals surface area contributed by atoms with Gasteiger partial charge in [0.1, 0.15) is 0 Å². The SMILES string of the molecule is O=S(=O)(F)/C=C/CO. The van der Waals surface area contributed by atoms with Crippen molar-refractivity contribution in [1.82, 2.24) is 0 Å². The summed E-state index contributed by atoms with van der Waals surface area (Å²) in [5.41, 5.74) is 0. The molecule has 1 N–H and O–H groups in total. The summed E-state index contributed by atoms with van der Waals surface area (Å²) >= 11 is 0. The molecule has 0 aromatic carbocycles. The highest BCUT2D eigenvalue weighted by molar-refractivity contribution is 7.89. The molecule has 0 spiro atoms. The zero-order valence-electron chi connectivity index (χ0n) is 3.91. The molecule has 0 fully saturated rings. The van der Waals surface area contributed by atoms with Gasteiger partial charge in [0.15, 0.2) is 0 Å². The van der Waals surface area contributed by atoms with Gasteiger partial charge in [-0.1, -0.05) is 0 Å². The molecule has 0 aliphatic carbocycles. The Hall–Kier alpha value is -0.420. The van der Waals surface area contributed by atoms with Gasteiger partial charge in [-0.05, 0) is 6.08 Å². The van der Waals surface area contributed by atoms with Crippen LogP contribution in [0.25, 0.3) is 0 Å². The minimum absolute atomic E-state index is 0.299. The van der Waals surface area contributed by atoms with Gasteiger partial charge < -0.3 is 5.11 Å². The molecule has 0 aliphatic heterocycles. The maximum Gasteiger partial charge on any atom is 0.324 e. The Bertz CT molecular complexity index is 169. The van der Waals surface area contributed by atoms with Gasteiger partial charge in [-0.15, -0.1) is 3.89 Å². The summed E-state index contributed by atoms with van der Waals surface area (Å²) in [4.78, 5) is 0. The van der Waals surface area contributed by atoms with Gasteiger partial charge in [0, 0.05) is 0 Å². The molecule has 0 unspecified atom stereocenters. The average molecular weight is 140 g/mol. The zero-order valence-corrected chi connectivity index (χ0v) is 4.73. The Labute approximate surface area is 46.7 Å². The first-order valence-corrected chi connectivity index (χ1v) is 3.23. The summed E-state index contributed by atoms with van der Waals surface area (Å²) in [7, 11) is -4.53. The van der Waals surface area contributed by atoms with Crippen LogP contribution in [-0.2, 0) is 10.2 Å². The second-order valence-corrected chi connectivity index (χ2v) is 2.25. The van der Waals surface area contributed by atoms with Crippen molar-refractivity contribution in [1.29, 1.82) is 0 Å². The van der Waals surface area contributed by atoms with E-state index in [1.807, 2.05) is 0 Å². The molecular weight excluding hydrogens is 135 g/mol. The van der Waals surface area contributed by atoms with Crippen molar-refractivity contribution in [3.05, 3.63) is 11.5 Å². The van der Waals surface area contributed by atoms with Crippen LogP contribution in [-0.4, -0.2) is 20.1 Å². The van der Waals surface area contributed by atoms with Crippen LogP contribution >= 0.6 is 0 Å². The van der Waals surface area contributed by atoms with E-state index >= 15 is 0 Å². The lowest BCUT2D eigenvalue weighted by molar-refractivity contribution is 0.343. The Morgan fingerprint density at radius 1 is 1.62 bits per heavy atom. The number of aliphatic hydroxyl groups is 1. The molecule has 0 aromatic heterocycles. The van der Waals surface area contributed by atoms with Gasteiger partial charge in [0.2, 0.25) is 0 Å². The number of rotatable bonds is 2. The van der Waals surface area contributed by atoms with Gasteiger partial charge in [0.25, 0.3) is 0 Å².